The van der Waals surface area contributed by atoms with E-state index in [9.17, 15) is 9.59 Å². The first-order valence-corrected chi connectivity index (χ1v) is 10.9. The molecule has 1 aromatic carbocycles. The molecule has 0 radical (unpaired) electrons. The number of carbonyl (C=O) groups is 2. The molecule has 2 fully saturated rings. The zero-order chi connectivity index (χ0) is 21.2. The molecule has 0 spiro atoms. The number of piperidine rings is 1. The van der Waals surface area contributed by atoms with Crippen LogP contribution in [0, 0.1) is 0 Å². The van der Waals surface area contributed by atoms with Gasteiger partial charge < -0.3 is 15.2 Å². The molecule has 0 atom stereocenters. The highest BCUT2D eigenvalue weighted by molar-refractivity contribution is 6.05. The second-order valence-electron chi connectivity index (χ2n) is 8.37. The summed E-state index contributed by atoms with van der Waals surface area (Å²) in [5, 5.41) is 5.80. The summed E-state index contributed by atoms with van der Waals surface area (Å²) in [7, 11) is 0. The van der Waals surface area contributed by atoms with Gasteiger partial charge in [-0.05, 0) is 69.1 Å². The van der Waals surface area contributed by atoms with Crippen LogP contribution in [-0.4, -0.2) is 50.9 Å². The average Bonchev–Trinajstić information content (AvgIpc) is 3.54. The number of hydrogen-bond donors (Lipinski definition) is 2. The van der Waals surface area contributed by atoms with Crippen molar-refractivity contribution in [1.29, 1.82) is 0 Å². The minimum Gasteiger partial charge on any atom is -0.325 e. The summed E-state index contributed by atoms with van der Waals surface area (Å²) in [5.74, 6) is -0.249. The topological polar surface area (TPSA) is 92.2 Å². The number of likely N-dealkylation sites (tertiary alicyclic amines) is 1. The molecule has 2 amide bonds. The van der Waals surface area contributed by atoms with Crippen LogP contribution < -0.4 is 10.6 Å². The number of aromatic nitrogens is 3. The standard InChI is InChI=1S/C23H26N6O2/c30-21(14-28-10-2-1-3-11-28)26-17-4-6-18(7-5-17)27-23(31)16-12-20-22(24-13-16)29(15-25-20)19-8-9-19/h4-7,12-13,15,19H,1-3,8-11,14H2,(H,26,30)(H,27,31). The summed E-state index contributed by atoms with van der Waals surface area (Å²) in [6, 6.07) is 9.41. The first kappa shape index (κ1) is 19.7. The minimum atomic E-state index is -0.239. The second-order valence-corrected chi connectivity index (χ2v) is 8.37. The highest BCUT2D eigenvalue weighted by atomic mass is 16.2. The Morgan fingerprint density at radius 1 is 0.968 bits per heavy atom. The summed E-state index contributed by atoms with van der Waals surface area (Å²) < 4.78 is 2.08. The third-order valence-electron chi connectivity index (χ3n) is 5.86. The lowest BCUT2D eigenvalue weighted by Gasteiger charge is -2.25. The van der Waals surface area contributed by atoms with E-state index in [4.69, 9.17) is 0 Å². The third-order valence-corrected chi connectivity index (χ3v) is 5.86. The normalized spacial score (nSPS) is 16.9. The lowest BCUT2D eigenvalue weighted by Crippen LogP contribution is -2.36. The van der Waals surface area contributed by atoms with E-state index in [1.807, 2.05) is 0 Å². The molecule has 2 N–H and O–H groups in total. The Hall–Kier alpha value is -3.26. The molecule has 3 heterocycles. The van der Waals surface area contributed by atoms with Crippen LogP contribution in [0.3, 0.4) is 0 Å². The van der Waals surface area contributed by atoms with Gasteiger partial charge in [-0.25, -0.2) is 9.97 Å². The van der Waals surface area contributed by atoms with Gasteiger partial charge in [0.1, 0.15) is 5.52 Å². The molecule has 2 aliphatic rings. The fourth-order valence-electron chi connectivity index (χ4n) is 4.02. The number of nitrogens with one attached hydrogen (secondary N) is 2. The Labute approximate surface area is 180 Å². The second kappa shape index (κ2) is 8.47. The number of rotatable bonds is 6. The Morgan fingerprint density at radius 3 is 2.39 bits per heavy atom. The Bertz CT molecular complexity index is 1100. The van der Waals surface area contributed by atoms with Crippen LogP contribution >= 0.6 is 0 Å². The first-order chi connectivity index (χ1) is 15.2. The molecule has 2 aromatic heterocycles. The van der Waals surface area contributed by atoms with E-state index in [-0.39, 0.29) is 11.8 Å². The van der Waals surface area contributed by atoms with Crippen molar-refractivity contribution in [3.63, 3.8) is 0 Å². The zero-order valence-electron chi connectivity index (χ0n) is 17.4. The molecule has 8 heteroatoms. The van der Waals surface area contributed by atoms with E-state index in [1.54, 1.807) is 42.9 Å². The van der Waals surface area contributed by atoms with E-state index in [0.717, 1.165) is 49.9 Å². The largest absolute Gasteiger partial charge is 0.325 e. The number of hydrogen-bond acceptors (Lipinski definition) is 5. The van der Waals surface area contributed by atoms with Crippen LogP contribution in [0.2, 0.25) is 0 Å². The summed E-state index contributed by atoms with van der Waals surface area (Å²) in [6.45, 7) is 2.39. The van der Waals surface area contributed by atoms with E-state index in [0.29, 0.717) is 29.5 Å². The maximum Gasteiger partial charge on any atom is 0.257 e. The van der Waals surface area contributed by atoms with Gasteiger partial charge in [0.15, 0.2) is 5.65 Å². The van der Waals surface area contributed by atoms with Crippen LogP contribution in [0.15, 0.2) is 42.9 Å². The maximum absolute atomic E-state index is 12.6. The lowest BCUT2D eigenvalue weighted by molar-refractivity contribution is -0.117. The van der Waals surface area contributed by atoms with Gasteiger partial charge in [-0.1, -0.05) is 6.42 Å². The van der Waals surface area contributed by atoms with Crippen molar-refractivity contribution >= 4 is 34.4 Å². The molecular formula is C23H26N6O2. The van der Waals surface area contributed by atoms with E-state index < -0.39 is 0 Å². The van der Waals surface area contributed by atoms with Gasteiger partial charge in [0, 0.05) is 23.6 Å². The number of nitrogens with zero attached hydrogens (tertiary/aromatic N) is 4. The Morgan fingerprint density at radius 2 is 1.68 bits per heavy atom. The maximum atomic E-state index is 12.6. The fraction of sp³-hybridized carbons (Fsp3) is 0.391. The van der Waals surface area contributed by atoms with E-state index in [1.165, 1.54) is 6.42 Å². The zero-order valence-corrected chi connectivity index (χ0v) is 17.4. The molecule has 0 bridgehead atoms. The summed E-state index contributed by atoms with van der Waals surface area (Å²) in [4.78, 5) is 35.9. The van der Waals surface area contributed by atoms with Crippen molar-refractivity contribution in [2.75, 3.05) is 30.3 Å². The van der Waals surface area contributed by atoms with Gasteiger partial charge in [-0.2, -0.15) is 0 Å². The SMILES string of the molecule is O=C(CN1CCCCC1)Nc1ccc(NC(=O)c2cnc3c(c2)ncn3C2CC2)cc1. The monoisotopic (exact) mass is 418 g/mol. The third kappa shape index (κ3) is 4.59. The van der Waals surface area contributed by atoms with Crippen LogP contribution in [0.25, 0.3) is 11.2 Å². The molecule has 160 valence electrons. The van der Waals surface area contributed by atoms with Crippen molar-refractivity contribution in [3.8, 4) is 0 Å². The number of imidazole rings is 1. The van der Waals surface area contributed by atoms with Crippen LogP contribution in [0.5, 0.6) is 0 Å². The summed E-state index contributed by atoms with van der Waals surface area (Å²) in [6.07, 6.45) is 9.27. The van der Waals surface area contributed by atoms with Crippen LogP contribution in [-0.2, 0) is 4.79 Å². The van der Waals surface area contributed by atoms with Gasteiger partial charge in [0.25, 0.3) is 5.91 Å². The summed E-state index contributed by atoms with van der Waals surface area (Å²) in [5.41, 5.74) is 3.39. The Kier molecular flexibility index (Phi) is 5.38. The predicted molar refractivity (Wildman–Crippen MR) is 119 cm³/mol. The van der Waals surface area contributed by atoms with Crippen LogP contribution in [0.1, 0.15) is 48.5 Å². The van der Waals surface area contributed by atoms with Gasteiger partial charge in [-0.3, -0.25) is 14.5 Å². The molecule has 1 aliphatic heterocycles. The lowest BCUT2D eigenvalue weighted by atomic mass is 10.1. The van der Waals surface area contributed by atoms with Gasteiger partial charge >= 0.3 is 0 Å². The van der Waals surface area contributed by atoms with E-state index in [2.05, 4.69) is 30.1 Å². The number of fused-ring (bicyclic) bond motifs is 1. The molecule has 5 rings (SSSR count). The number of carbonyl (C=O) groups excluding carboxylic acids is 2. The minimum absolute atomic E-state index is 0.0105. The van der Waals surface area contributed by atoms with Crippen molar-refractivity contribution in [2.45, 2.75) is 38.1 Å². The highest BCUT2D eigenvalue weighted by Gasteiger charge is 2.25. The molecular weight excluding hydrogens is 392 g/mol. The van der Waals surface area contributed by atoms with Crippen molar-refractivity contribution in [1.82, 2.24) is 19.4 Å². The number of pyridine rings is 1. The molecule has 8 nitrogen and oxygen atoms in total. The molecule has 1 saturated carbocycles. The van der Waals surface area contributed by atoms with Crippen molar-refractivity contribution in [3.05, 3.63) is 48.4 Å². The molecule has 0 unspecified atom stereocenters. The van der Waals surface area contributed by atoms with Gasteiger partial charge in [-0.15, -0.1) is 0 Å². The average molecular weight is 419 g/mol. The smallest absolute Gasteiger partial charge is 0.257 e. The highest BCUT2D eigenvalue weighted by Crippen LogP contribution is 2.36. The fourth-order valence-corrected chi connectivity index (χ4v) is 4.02. The first-order valence-electron chi connectivity index (χ1n) is 10.9. The van der Waals surface area contributed by atoms with Gasteiger partial charge in [0.2, 0.25) is 5.91 Å². The predicted octanol–water partition coefficient (Wildman–Crippen LogP) is 3.44. The van der Waals surface area contributed by atoms with Crippen molar-refractivity contribution in [2.24, 2.45) is 0 Å². The number of amides is 2. The molecule has 31 heavy (non-hydrogen) atoms. The Balaban J connectivity index is 1.18. The quantitative estimate of drug-likeness (QED) is 0.640. The number of benzene rings is 1. The van der Waals surface area contributed by atoms with Crippen LogP contribution in [0.4, 0.5) is 11.4 Å². The molecule has 3 aromatic rings. The van der Waals surface area contributed by atoms with E-state index >= 15 is 0 Å². The number of anilines is 2. The van der Waals surface area contributed by atoms with Crippen molar-refractivity contribution < 1.29 is 9.59 Å². The summed E-state index contributed by atoms with van der Waals surface area (Å²) >= 11 is 0. The molecule has 1 aliphatic carbocycles. The van der Waals surface area contributed by atoms with Gasteiger partial charge in [0.05, 0.1) is 18.4 Å². The molecule has 1 saturated heterocycles.